The average molecular weight is 236 g/mol. The quantitative estimate of drug-likeness (QED) is 0.772. The number of aryl methyl sites for hydroxylation is 1. The van der Waals surface area contributed by atoms with Crippen LogP contribution in [0.3, 0.4) is 0 Å². The number of hydrogen-bond donors (Lipinski definition) is 1. The highest BCUT2D eigenvalue weighted by Gasteiger charge is 2.10. The van der Waals surface area contributed by atoms with Crippen LogP contribution in [-0.2, 0) is 11.2 Å². The first-order valence-electron chi connectivity index (χ1n) is 5.34. The van der Waals surface area contributed by atoms with E-state index in [9.17, 15) is 4.79 Å². The molecule has 6 heteroatoms. The van der Waals surface area contributed by atoms with Gasteiger partial charge in [-0.3, -0.25) is 4.79 Å². The van der Waals surface area contributed by atoms with Crippen LogP contribution in [0.25, 0.3) is 11.6 Å². The van der Waals surface area contributed by atoms with Crippen molar-refractivity contribution < 1.29 is 18.8 Å². The Bertz CT molecular complexity index is 475. The molecular weight excluding hydrogens is 224 g/mol. The molecule has 1 N–H and O–H groups in total. The highest BCUT2D eigenvalue weighted by atomic mass is 16.5. The van der Waals surface area contributed by atoms with E-state index in [4.69, 9.17) is 14.0 Å². The molecule has 0 aliphatic rings. The topological polar surface area (TPSA) is 89.4 Å². The predicted molar refractivity (Wildman–Crippen MR) is 57.2 cm³/mol. The molecule has 2 heterocycles. The van der Waals surface area contributed by atoms with Crippen molar-refractivity contribution in [2.24, 2.45) is 0 Å². The molecule has 0 aliphatic heterocycles. The molecule has 0 fully saturated rings. The Morgan fingerprint density at radius 1 is 1.41 bits per heavy atom. The Morgan fingerprint density at radius 3 is 3.00 bits per heavy atom. The Morgan fingerprint density at radius 2 is 2.29 bits per heavy atom. The van der Waals surface area contributed by atoms with Crippen molar-refractivity contribution >= 4 is 5.97 Å². The highest BCUT2D eigenvalue weighted by Crippen LogP contribution is 2.16. The lowest BCUT2D eigenvalue weighted by Gasteiger charge is -1.92. The SMILES string of the molecule is O=C(O)CCCCc1nc(-c2ccco2)no1. The van der Waals surface area contributed by atoms with Crippen molar-refractivity contribution in [1.82, 2.24) is 10.1 Å². The third-order valence-electron chi connectivity index (χ3n) is 2.24. The van der Waals surface area contributed by atoms with E-state index in [2.05, 4.69) is 10.1 Å². The third kappa shape index (κ3) is 3.17. The molecule has 90 valence electrons. The maximum atomic E-state index is 10.3. The first-order valence-corrected chi connectivity index (χ1v) is 5.34. The van der Waals surface area contributed by atoms with Crippen LogP contribution < -0.4 is 0 Å². The van der Waals surface area contributed by atoms with E-state index in [1.54, 1.807) is 12.1 Å². The van der Waals surface area contributed by atoms with Crippen LogP contribution in [0.4, 0.5) is 0 Å². The van der Waals surface area contributed by atoms with Crippen molar-refractivity contribution in [2.45, 2.75) is 25.7 Å². The molecule has 2 aromatic rings. The number of aromatic nitrogens is 2. The molecule has 0 atom stereocenters. The van der Waals surface area contributed by atoms with Crippen molar-refractivity contribution in [3.05, 3.63) is 24.3 Å². The number of furan rings is 1. The van der Waals surface area contributed by atoms with E-state index < -0.39 is 5.97 Å². The first-order chi connectivity index (χ1) is 8.25. The second-order valence-electron chi connectivity index (χ2n) is 3.59. The second kappa shape index (κ2) is 5.29. The van der Waals surface area contributed by atoms with E-state index in [1.165, 1.54) is 6.26 Å². The molecule has 2 aromatic heterocycles. The summed E-state index contributed by atoms with van der Waals surface area (Å²) < 4.78 is 10.2. The van der Waals surface area contributed by atoms with Crippen LogP contribution in [0, 0.1) is 0 Å². The molecule has 6 nitrogen and oxygen atoms in total. The molecule has 0 bridgehead atoms. The molecule has 0 aromatic carbocycles. The van der Waals surface area contributed by atoms with Gasteiger partial charge >= 0.3 is 5.97 Å². The van der Waals surface area contributed by atoms with Crippen LogP contribution >= 0.6 is 0 Å². The Hall–Kier alpha value is -2.11. The minimum atomic E-state index is -0.785. The molecule has 0 radical (unpaired) electrons. The van der Waals surface area contributed by atoms with Gasteiger partial charge in [0.15, 0.2) is 5.76 Å². The van der Waals surface area contributed by atoms with Gasteiger partial charge in [-0.15, -0.1) is 0 Å². The lowest BCUT2D eigenvalue weighted by atomic mass is 10.2. The van der Waals surface area contributed by atoms with E-state index in [1.807, 2.05) is 0 Å². The van der Waals surface area contributed by atoms with Gasteiger partial charge in [0.1, 0.15) is 0 Å². The number of unbranched alkanes of at least 4 members (excludes halogenated alkanes) is 1. The number of nitrogens with zero attached hydrogens (tertiary/aromatic N) is 2. The summed E-state index contributed by atoms with van der Waals surface area (Å²) in [5, 5.41) is 12.3. The van der Waals surface area contributed by atoms with Gasteiger partial charge in [0, 0.05) is 12.8 Å². The predicted octanol–water partition coefficient (Wildman–Crippen LogP) is 2.13. The van der Waals surface area contributed by atoms with Crippen molar-refractivity contribution in [2.75, 3.05) is 0 Å². The number of rotatable bonds is 6. The molecular formula is C11H12N2O4. The minimum absolute atomic E-state index is 0.166. The summed E-state index contributed by atoms with van der Waals surface area (Å²) in [5.41, 5.74) is 0. The largest absolute Gasteiger partial charge is 0.481 e. The van der Waals surface area contributed by atoms with E-state index in [0.29, 0.717) is 36.7 Å². The molecule has 0 saturated heterocycles. The summed E-state index contributed by atoms with van der Waals surface area (Å²) in [6.45, 7) is 0. The summed E-state index contributed by atoms with van der Waals surface area (Å²) >= 11 is 0. The summed E-state index contributed by atoms with van der Waals surface area (Å²) in [7, 11) is 0. The Labute approximate surface area is 97.2 Å². The van der Waals surface area contributed by atoms with Gasteiger partial charge in [-0.25, -0.2) is 0 Å². The summed E-state index contributed by atoms with van der Waals surface area (Å²) in [6, 6.07) is 3.50. The van der Waals surface area contributed by atoms with Gasteiger partial charge < -0.3 is 14.0 Å². The standard InChI is InChI=1S/C11H12N2O4/c14-10(15)6-2-1-5-9-12-11(13-17-9)8-4-3-7-16-8/h3-4,7H,1-2,5-6H2,(H,14,15). The van der Waals surface area contributed by atoms with Gasteiger partial charge in [-0.05, 0) is 25.0 Å². The van der Waals surface area contributed by atoms with Gasteiger partial charge in [0.05, 0.1) is 6.26 Å². The molecule has 17 heavy (non-hydrogen) atoms. The number of carbonyl (C=O) groups is 1. The zero-order valence-electron chi connectivity index (χ0n) is 9.13. The van der Waals surface area contributed by atoms with E-state index in [0.717, 1.165) is 0 Å². The fraction of sp³-hybridized carbons (Fsp3) is 0.364. The lowest BCUT2D eigenvalue weighted by molar-refractivity contribution is -0.137. The molecule has 0 spiro atoms. The van der Waals surface area contributed by atoms with Crippen LogP contribution in [0.2, 0.25) is 0 Å². The number of carboxylic acid groups (broad SMARTS) is 1. The summed E-state index contributed by atoms with van der Waals surface area (Å²) in [6.07, 6.45) is 3.61. The number of hydrogen-bond acceptors (Lipinski definition) is 5. The van der Waals surface area contributed by atoms with Gasteiger partial charge in [0.2, 0.25) is 11.7 Å². The molecule has 0 saturated carbocycles. The third-order valence-corrected chi connectivity index (χ3v) is 2.24. The number of aliphatic carboxylic acids is 1. The monoisotopic (exact) mass is 236 g/mol. The summed E-state index contributed by atoms with van der Waals surface area (Å²) in [5.74, 6) is 0.697. The summed E-state index contributed by atoms with van der Waals surface area (Å²) in [4.78, 5) is 14.5. The van der Waals surface area contributed by atoms with Crippen molar-refractivity contribution in [3.8, 4) is 11.6 Å². The molecule has 2 rings (SSSR count). The van der Waals surface area contributed by atoms with Crippen molar-refractivity contribution in [1.29, 1.82) is 0 Å². The van der Waals surface area contributed by atoms with Crippen molar-refractivity contribution in [3.63, 3.8) is 0 Å². The molecule has 0 amide bonds. The fourth-order valence-electron chi connectivity index (χ4n) is 1.41. The van der Waals surface area contributed by atoms with Gasteiger partial charge in [-0.1, -0.05) is 5.16 Å². The van der Waals surface area contributed by atoms with Crippen LogP contribution in [0.1, 0.15) is 25.2 Å². The van der Waals surface area contributed by atoms with E-state index >= 15 is 0 Å². The maximum absolute atomic E-state index is 10.3. The smallest absolute Gasteiger partial charge is 0.303 e. The second-order valence-corrected chi connectivity index (χ2v) is 3.59. The lowest BCUT2D eigenvalue weighted by Crippen LogP contribution is -1.95. The zero-order chi connectivity index (χ0) is 12.1. The minimum Gasteiger partial charge on any atom is -0.481 e. The molecule has 0 unspecified atom stereocenters. The van der Waals surface area contributed by atoms with Crippen LogP contribution in [-0.4, -0.2) is 21.2 Å². The van der Waals surface area contributed by atoms with Gasteiger partial charge in [-0.2, -0.15) is 4.98 Å². The van der Waals surface area contributed by atoms with Crippen LogP contribution in [0.15, 0.2) is 27.3 Å². The first kappa shape index (κ1) is 11.4. The normalized spacial score (nSPS) is 10.6. The average Bonchev–Trinajstić information content (AvgIpc) is 2.94. The number of carboxylic acids is 1. The Balaban J connectivity index is 1.84. The van der Waals surface area contributed by atoms with Gasteiger partial charge in [0.25, 0.3) is 0 Å². The maximum Gasteiger partial charge on any atom is 0.303 e. The van der Waals surface area contributed by atoms with E-state index in [-0.39, 0.29) is 6.42 Å². The Kier molecular flexibility index (Phi) is 3.54. The van der Waals surface area contributed by atoms with Crippen LogP contribution in [0.5, 0.6) is 0 Å². The zero-order valence-corrected chi connectivity index (χ0v) is 9.13. The molecule has 0 aliphatic carbocycles. The highest BCUT2D eigenvalue weighted by molar-refractivity contribution is 5.66. The fourth-order valence-corrected chi connectivity index (χ4v) is 1.41.